The Morgan fingerprint density at radius 2 is 1.82 bits per heavy atom. The number of aliphatic carboxylic acids is 1. The number of hydrogen-bond donors (Lipinski definition) is 1. The molecule has 0 heterocycles. The summed E-state index contributed by atoms with van der Waals surface area (Å²) in [6.07, 6.45) is 3.22. The molecular weight excluding hydrogens is 148 g/mol. The lowest BCUT2D eigenvalue weighted by atomic mass is 10.5. The van der Waals surface area contributed by atoms with Gasteiger partial charge in [0.1, 0.15) is 0 Å². The van der Waals surface area contributed by atoms with Crippen LogP contribution >= 0.6 is 0 Å². The van der Waals surface area contributed by atoms with Crippen molar-refractivity contribution in [1.29, 1.82) is 0 Å². The summed E-state index contributed by atoms with van der Waals surface area (Å²) in [7, 11) is 0. The predicted octanol–water partition coefficient (Wildman–Crippen LogP) is 0.777. The van der Waals surface area contributed by atoms with Gasteiger partial charge in [0.05, 0.1) is 0 Å². The Labute approximate surface area is 64.5 Å². The van der Waals surface area contributed by atoms with Crippen LogP contribution in [0.1, 0.15) is 6.92 Å². The van der Waals surface area contributed by atoms with E-state index in [4.69, 9.17) is 5.11 Å². The molecule has 0 unspecified atom stereocenters. The van der Waals surface area contributed by atoms with Gasteiger partial charge in [-0.25, -0.2) is 14.7 Å². The summed E-state index contributed by atoms with van der Waals surface area (Å²) in [5.41, 5.74) is 0. The first kappa shape index (κ1) is 12.1. The second kappa shape index (κ2) is 8.42. The highest BCUT2D eigenvalue weighted by atomic mass is 16.4. The SMILES string of the molecule is C=CC(=O)O.CC=CC([O])=O. The van der Waals surface area contributed by atoms with E-state index in [1.807, 2.05) is 0 Å². The van der Waals surface area contributed by atoms with Crippen LogP contribution in [0.5, 0.6) is 0 Å². The van der Waals surface area contributed by atoms with Gasteiger partial charge < -0.3 is 5.11 Å². The zero-order valence-electron chi connectivity index (χ0n) is 6.11. The zero-order chi connectivity index (χ0) is 9.28. The molecule has 0 saturated carbocycles. The van der Waals surface area contributed by atoms with Gasteiger partial charge in [-0.3, -0.25) is 0 Å². The Morgan fingerprint density at radius 1 is 1.45 bits per heavy atom. The lowest BCUT2D eigenvalue weighted by Gasteiger charge is -1.64. The molecule has 0 rings (SSSR count). The molecule has 0 aliphatic rings. The van der Waals surface area contributed by atoms with Crippen LogP contribution in [0.25, 0.3) is 0 Å². The Bertz CT molecular complexity index is 169. The molecule has 1 N–H and O–H groups in total. The van der Waals surface area contributed by atoms with Gasteiger partial charge in [0.25, 0.3) is 0 Å². The van der Waals surface area contributed by atoms with Crippen molar-refractivity contribution < 1.29 is 19.8 Å². The van der Waals surface area contributed by atoms with E-state index in [1.54, 1.807) is 6.92 Å². The van der Waals surface area contributed by atoms with Crippen molar-refractivity contribution in [2.45, 2.75) is 6.92 Å². The fourth-order valence-corrected chi connectivity index (χ4v) is 0.136. The third kappa shape index (κ3) is 29.7. The third-order valence-electron chi connectivity index (χ3n) is 0.477. The molecule has 0 amide bonds. The van der Waals surface area contributed by atoms with Crippen LogP contribution < -0.4 is 0 Å². The van der Waals surface area contributed by atoms with Crippen LogP contribution in [0.3, 0.4) is 0 Å². The zero-order valence-corrected chi connectivity index (χ0v) is 6.11. The first-order valence-electron chi connectivity index (χ1n) is 2.73. The number of carbonyl (C=O) groups excluding carboxylic acids is 1. The van der Waals surface area contributed by atoms with Crippen molar-refractivity contribution in [1.82, 2.24) is 0 Å². The van der Waals surface area contributed by atoms with Crippen molar-refractivity contribution in [2.24, 2.45) is 0 Å². The van der Waals surface area contributed by atoms with Crippen LogP contribution in [-0.2, 0) is 14.7 Å². The Balaban J connectivity index is 0. The van der Waals surface area contributed by atoms with Gasteiger partial charge in [0.15, 0.2) is 0 Å². The maximum Gasteiger partial charge on any atom is 0.378 e. The predicted molar refractivity (Wildman–Crippen MR) is 38.3 cm³/mol. The normalized spacial score (nSPS) is 8.09. The summed E-state index contributed by atoms with van der Waals surface area (Å²) >= 11 is 0. The molecule has 0 spiro atoms. The average Bonchev–Trinajstić information content (AvgIpc) is 1.89. The van der Waals surface area contributed by atoms with E-state index in [0.29, 0.717) is 0 Å². The largest absolute Gasteiger partial charge is 0.478 e. The minimum atomic E-state index is -1.14. The molecule has 0 atom stereocenters. The first-order valence-corrected chi connectivity index (χ1v) is 2.73. The van der Waals surface area contributed by atoms with E-state index in [0.717, 1.165) is 12.2 Å². The topological polar surface area (TPSA) is 74.3 Å². The molecule has 0 aromatic rings. The highest BCUT2D eigenvalue weighted by Gasteiger charge is 1.81. The molecule has 0 aliphatic heterocycles. The number of hydrogen-bond acceptors (Lipinski definition) is 2. The molecule has 0 bridgehead atoms. The standard InChI is InChI=1S/C4H5O2.C3H4O2/c1-2-3-4(5)6;1-2-3(4)5/h2-3H,1H3;2H,1H2,(H,4,5). The Kier molecular flexibility index (Phi) is 9.29. The van der Waals surface area contributed by atoms with Crippen molar-refractivity contribution in [3.63, 3.8) is 0 Å². The Hall–Kier alpha value is -1.58. The quantitative estimate of drug-likeness (QED) is 0.602. The molecule has 0 fully saturated rings. The summed E-state index contributed by atoms with van der Waals surface area (Å²) in [5.74, 6) is -2.12. The van der Waals surface area contributed by atoms with Crippen molar-refractivity contribution >= 4 is 11.9 Å². The van der Waals surface area contributed by atoms with Crippen LogP contribution in [-0.4, -0.2) is 17.0 Å². The van der Waals surface area contributed by atoms with Crippen molar-refractivity contribution in [2.75, 3.05) is 0 Å². The van der Waals surface area contributed by atoms with Gasteiger partial charge in [-0.15, -0.1) is 0 Å². The minimum absolute atomic E-state index is 0.833. The maximum absolute atomic E-state index is 9.40. The molecule has 11 heavy (non-hydrogen) atoms. The molecule has 61 valence electrons. The highest BCUT2D eigenvalue weighted by Crippen LogP contribution is 1.66. The van der Waals surface area contributed by atoms with E-state index < -0.39 is 11.9 Å². The van der Waals surface area contributed by atoms with E-state index in [9.17, 15) is 14.7 Å². The molecule has 0 aromatic heterocycles. The number of carbonyl (C=O) groups is 2. The second-order valence-corrected chi connectivity index (χ2v) is 1.36. The van der Waals surface area contributed by atoms with Gasteiger partial charge in [-0.05, 0) is 6.92 Å². The van der Waals surface area contributed by atoms with Gasteiger partial charge in [0, 0.05) is 12.2 Å². The number of rotatable bonds is 2. The lowest BCUT2D eigenvalue weighted by Crippen LogP contribution is -1.82. The number of allylic oxidation sites excluding steroid dienone is 1. The van der Waals surface area contributed by atoms with Gasteiger partial charge in [0.2, 0.25) is 0 Å². The summed E-state index contributed by atoms with van der Waals surface area (Å²) < 4.78 is 0. The van der Waals surface area contributed by atoms with E-state index in [2.05, 4.69) is 6.58 Å². The molecule has 4 heteroatoms. The van der Waals surface area contributed by atoms with Gasteiger partial charge in [-0.1, -0.05) is 12.7 Å². The number of carboxylic acid groups (broad SMARTS) is 1. The highest BCUT2D eigenvalue weighted by molar-refractivity contribution is 5.79. The molecule has 4 nitrogen and oxygen atoms in total. The van der Waals surface area contributed by atoms with E-state index >= 15 is 0 Å². The fourth-order valence-electron chi connectivity index (χ4n) is 0.136. The molecule has 0 saturated heterocycles. The number of carboxylic acids is 1. The summed E-state index contributed by atoms with van der Waals surface area (Å²) in [4.78, 5) is 18.7. The van der Waals surface area contributed by atoms with Crippen molar-refractivity contribution in [3.8, 4) is 0 Å². The average molecular weight is 157 g/mol. The summed E-state index contributed by atoms with van der Waals surface area (Å²) in [5, 5.41) is 17.0. The second-order valence-electron chi connectivity index (χ2n) is 1.36. The fraction of sp³-hybridized carbons (Fsp3) is 0.143. The molecule has 0 aliphatic carbocycles. The van der Waals surface area contributed by atoms with Crippen molar-refractivity contribution in [3.05, 3.63) is 24.8 Å². The van der Waals surface area contributed by atoms with Gasteiger partial charge in [-0.2, -0.15) is 0 Å². The third-order valence-corrected chi connectivity index (χ3v) is 0.477. The monoisotopic (exact) mass is 157 g/mol. The molecule has 1 radical (unpaired) electrons. The summed E-state index contributed by atoms with van der Waals surface area (Å²) in [6.45, 7) is 4.58. The van der Waals surface area contributed by atoms with Crippen LogP contribution in [0.4, 0.5) is 0 Å². The van der Waals surface area contributed by atoms with Crippen LogP contribution in [0, 0.1) is 0 Å². The first-order chi connectivity index (χ1) is 5.04. The lowest BCUT2D eigenvalue weighted by molar-refractivity contribution is -0.137. The minimum Gasteiger partial charge on any atom is -0.478 e. The maximum atomic E-state index is 9.40. The van der Waals surface area contributed by atoms with E-state index in [1.165, 1.54) is 6.08 Å². The van der Waals surface area contributed by atoms with Gasteiger partial charge >= 0.3 is 11.9 Å². The smallest absolute Gasteiger partial charge is 0.378 e. The molecular formula is C7H9O4. The summed E-state index contributed by atoms with van der Waals surface area (Å²) in [6, 6.07) is 0. The van der Waals surface area contributed by atoms with Crippen LogP contribution in [0.2, 0.25) is 0 Å². The molecule has 0 aromatic carbocycles. The van der Waals surface area contributed by atoms with E-state index in [-0.39, 0.29) is 0 Å². The van der Waals surface area contributed by atoms with Crippen LogP contribution in [0.15, 0.2) is 24.8 Å². The Morgan fingerprint density at radius 3 is 1.82 bits per heavy atom.